The van der Waals surface area contributed by atoms with Gasteiger partial charge in [-0.05, 0) is 30.0 Å². The second kappa shape index (κ2) is 5.21. The zero-order valence-corrected chi connectivity index (χ0v) is 10.6. The number of ether oxygens (including phenoxy) is 1. The molecule has 2 atom stereocenters. The number of rotatable bonds is 4. The molecule has 1 aromatic carbocycles. The van der Waals surface area contributed by atoms with Gasteiger partial charge in [0.05, 0.1) is 12.7 Å². The van der Waals surface area contributed by atoms with Gasteiger partial charge in [-0.15, -0.1) is 0 Å². The zero-order chi connectivity index (χ0) is 13.1. The number of nitrogens with one attached hydrogen (secondary N) is 1. The molecule has 0 bridgehead atoms. The molecule has 18 heavy (non-hydrogen) atoms. The molecule has 1 N–H and O–H groups in total. The van der Waals surface area contributed by atoms with Gasteiger partial charge in [0.25, 0.3) is 0 Å². The molecule has 96 valence electrons. The van der Waals surface area contributed by atoms with Gasteiger partial charge in [-0.3, -0.25) is 4.79 Å². The first kappa shape index (κ1) is 12.6. The molecule has 1 amide bonds. The number of benzene rings is 1. The van der Waals surface area contributed by atoms with E-state index in [2.05, 4.69) is 17.0 Å². The second-order valence-corrected chi connectivity index (χ2v) is 4.73. The quantitative estimate of drug-likeness (QED) is 0.825. The molecule has 2 rings (SSSR count). The fourth-order valence-corrected chi connectivity index (χ4v) is 1.88. The SMILES string of the molecule is COC(=O)c1ccc(CNC(=O)[C@@H]2C[C@@H]2C)cc1. The minimum Gasteiger partial charge on any atom is -0.465 e. The van der Waals surface area contributed by atoms with Crippen LogP contribution in [0, 0.1) is 11.8 Å². The number of methoxy groups -OCH3 is 1. The van der Waals surface area contributed by atoms with Crippen LogP contribution in [0.5, 0.6) is 0 Å². The lowest BCUT2D eigenvalue weighted by molar-refractivity contribution is -0.122. The third-order valence-electron chi connectivity index (χ3n) is 3.29. The molecule has 0 radical (unpaired) electrons. The second-order valence-electron chi connectivity index (χ2n) is 4.73. The van der Waals surface area contributed by atoms with E-state index in [1.54, 1.807) is 12.1 Å². The number of carbonyl (C=O) groups is 2. The Balaban J connectivity index is 1.86. The van der Waals surface area contributed by atoms with Crippen LogP contribution >= 0.6 is 0 Å². The molecule has 1 fully saturated rings. The van der Waals surface area contributed by atoms with Crippen LogP contribution in [-0.4, -0.2) is 19.0 Å². The summed E-state index contributed by atoms with van der Waals surface area (Å²) in [5.41, 5.74) is 1.49. The van der Waals surface area contributed by atoms with E-state index in [-0.39, 0.29) is 17.8 Å². The summed E-state index contributed by atoms with van der Waals surface area (Å²) in [5, 5.41) is 2.90. The summed E-state index contributed by atoms with van der Waals surface area (Å²) in [7, 11) is 1.35. The highest BCUT2D eigenvalue weighted by molar-refractivity contribution is 5.89. The van der Waals surface area contributed by atoms with Gasteiger partial charge >= 0.3 is 5.97 Å². The van der Waals surface area contributed by atoms with Crippen LogP contribution in [0.3, 0.4) is 0 Å². The Hall–Kier alpha value is -1.84. The van der Waals surface area contributed by atoms with Crippen molar-refractivity contribution in [2.24, 2.45) is 11.8 Å². The van der Waals surface area contributed by atoms with Crippen LogP contribution in [0.1, 0.15) is 29.3 Å². The molecule has 0 aromatic heterocycles. The summed E-state index contributed by atoms with van der Waals surface area (Å²) in [6.45, 7) is 2.58. The van der Waals surface area contributed by atoms with Crippen LogP contribution in [0.2, 0.25) is 0 Å². The van der Waals surface area contributed by atoms with Crippen molar-refractivity contribution in [1.82, 2.24) is 5.32 Å². The molecular weight excluding hydrogens is 230 g/mol. The maximum absolute atomic E-state index is 11.6. The fourth-order valence-electron chi connectivity index (χ4n) is 1.88. The van der Waals surface area contributed by atoms with Crippen molar-refractivity contribution >= 4 is 11.9 Å². The average molecular weight is 247 g/mol. The van der Waals surface area contributed by atoms with Gasteiger partial charge in [0, 0.05) is 12.5 Å². The molecule has 1 aliphatic carbocycles. The van der Waals surface area contributed by atoms with E-state index in [0.29, 0.717) is 18.0 Å². The van der Waals surface area contributed by atoms with Gasteiger partial charge in [0.2, 0.25) is 5.91 Å². The lowest BCUT2D eigenvalue weighted by Crippen LogP contribution is -2.24. The Morgan fingerprint density at radius 1 is 1.33 bits per heavy atom. The largest absolute Gasteiger partial charge is 0.465 e. The number of carbonyl (C=O) groups excluding carboxylic acids is 2. The third kappa shape index (κ3) is 2.88. The molecule has 4 nitrogen and oxygen atoms in total. The monoisotopic (exact) mass is 247 g/mol. The Labute approximate surface area is 106 Å². The topological polar surface area (TPSA) is 55.4 Å². The van der Waals surface area contributed by atoms with E-state index >= 15 is 0 Å². The molecule has 4 heteroatoms. The molecular formula is C14H17NO3. The lowest BCUT2D eigenvalue weighted by atomic mass is 10.1. The van der Waals surface area contributed by atoms with Gasteiger partial charge in [0.15, 0.2) is 0 Å². The highest BCUT2D eigenvalue weighted by Crippen LogP contribution is 2.37. The highest BCUT2D eigenvalue weighted by Gasteiger charge is 2.38. The summed E-state index contributed by atoms with van der Waals surface area (Å²) < 4.78 is 4.62. The van der Waals surface area contributed by atoms with E-state index in [1.165, 1.54) is 7.11 Å². The van der Waals surface area contributed by atoms with E-state index in [0.717, 1.165) is 12.0 Å². The third-order valence-corrected chi connectivity index (χ3v) is 3.29. The highest BCUT2D eigenvalue weighted by atomic mass is 16.5. The van der Waals surface area contributed by atoms with Crippen molar-refractivity contribution < 1.29 is 14.3 Å². The van der Waals surface area contributed by atoms with Gasteiger partial charge in [0.1, 0.15) is 0 Å². The Morgan fingerprint density at radius 2 is 1.94 bits per heavy atom. The molecule has 0 unspecified atom stereocenters. The number of esters is 1. The van der Waals surface area contributed by atoms with E-state index in [9.17, 15) is 9.59 Å². The summed E-state index contributed by atoms with van der Waals surface area (Å²) in [5.74, 6) is 0.489. The summed E-state index contributed by atoms with van der Waals surface area (Å²) >= 11 is 0. The fraction of sp³-hybridized carbons (Fsp3) is 0.429. The minimum absolute atomic E-state index is 0.125. The molecule has 1 aliphatic rings. The molecule has 0 spiro atoms. The average Bonchev–Trinajstić information content (AvgIpc) is 3.13. The first-order chi connectivity index (χ1) is 8.61. The van der Waals surface area contributed by atoms with Crippen molar-refractivity contribution in [3.63, 3.8) is 0 Å². The Kier molecular flexibility index (Phi) is 3.65. The zero-order valence-electron chi connectivity index (χ0n) is 10.6. The molecule has 0 aliphatic heterocycles. The Bertz CT molecular complexity index is 453. The van der Waals surface area contributed by atoms with Gasteiger partial charge in [-0.2, -0.15) is 0 Å². The summed E-state index contributed by atoms with van der Waals surface area (Å²) in [6.07, 6.45) is 0.993. The van der Waals surface area contributed by atoms with Crippen LogP contribution in [0.4, 0.5) is 0 Å². The maximum Gasteiger partial charge on any atom is 0.337 e. The Morgan fingerprint density at radius 3 is 2.44 bits per heavy atom. The standard InChI is InChI=1S/C14H17NO3/c1-9-7-12(9)13(16)15-8-10-3-5-11(6-4-10)14(17)18-2/h3-6,9,12H,7-8H2,1-2H3,(H,15,16)/t9-,12+/m0/s1. The molecule has 1 aromatic rings. The van der Waals surface area contributed by atoms with Gasteiger partial charge in [-0.1, -0.05) is 19.1 Å². The summed E-state index contributed by atoms with van der Waals surface area (Å²) in [4.78, 5) is 22.9. The number of hydrogen-bond donors (Lipinski definition) is 1. The van der Waals surface area contributed by atoms with Crippen LogP contribution in [0.25, 0.3) is 0 Å². The van der Waals surface area contributed by atoms with Gasteiger partial charge < -0.3 is 10.1 Å². The predicted molar refractivity (Wildman–Crippen MR) is 66.9 cm³/mol. The van der Waals surface area contributed by atoms with Crippen LogP contribution in [-0.2, 0) is 16.1 Å². The number of amides is 1. The van der Waals surface area contributed by atoms with Crippen molar-refractivity contribution in [3.8, 4) is 0 Å². The maximum atomic E-state index is 11.6. The molecule has 0 saturated heterocycles. The molecule has 0 heterocycles. The van der Waals surface area contributed by atoms with Gasteiger partial charge in [-0.25, -0.2) is 4.79 Å². The van der Waals surface area contributed by atoms with Crippen molar-refractivity contribution in [1.29, 1.82) is 0 Å². The van der Waals surface area contributed by atoms with E-state index < -0.39 is 0 Å². The lowest BCUT2D eigenvalue weighted by Gasteiger charge is -2.05. The normalized spacial score (nSPS) is 21.2. The van der Waals surface area contributed by atoms with Crippen molar-refractivity contribution in [3.05, 3.63) is 35.4 Å². The summed E-state index contributed by atoms with van der Waals surface area (Å²) in [6, 6.07) is 7.05. The van der Waals surface area contributed by atoms with Crippen LogP contribution in [0.15, 0.2) is 24.3 Å². The number of hydrogen-bond acceptors (Lipinski definition) is 3. The van der Waals surface area contributed by atoms with E-state index in [1.807, 2.05) is 12.1 Å². The van der Waals surface area contributed by atoms with Crippen LogP contribution < -0.4 is 5.32 Å². The van der Waals surface area contributed by atoms with Crippen molar-refractivity contribution in [2.45, 2.75) is 19.9 Å². The first-order valence-corrected chi connectivity index (χ1v) is 6.06. The van der Waals surface area contributed by atoms with Crippen molar-refractivity contribution in [2.75, 3.05) is 7.11 Å². The first-order valence-electron chi connectivity index (χ1n) is 6.06. The molecule has 1 saturated carbocycles. The predicted octanol–water partition coefficient (Wildman–Crippen LogP) is 1.75. The van der Waals surface area contributed by atoms with E-state index in [4.69, 9.17) is 0 Å². The smallest absolute Gasteiger partial charge is 0.337 e. The minimum atomic E-state index is -0.350.